The average molecular weight is 320 g/mol. The molecule has 3 N–H and O–H groups in total. The summed E-state index contributed by atoms with van der Waals surface area (Å²) >= 11 is 0. The van der Waals surface area contributed by atoms with Crippen molar-refractivity contribution in [3.8, 4) is 0 Å². The summed E-state index contributed by atoms with van der Waals surface area (Å²) < 4.78 is 2.13. The van der Waals surface area contributed by atoms with Crippen molar-refractivity contribution in [3.05, 3.63) is 66.0 Å². The zero-order chi connectivity index (χ0) is 16.6. The molecule has 5 nitrogen and oxygen atoms in total. The maximum Gasteiger partial charge on any atom is 0.240 e. The molecule has 0 bridgehead atoms. The van der Waals surface area contributed by atoms with E-state index >= 15 is 0 Å². The molecule has 1 aliphatic carbocycles. The van der Waals surface area contributed by atoms with E-state index in [4.69, 9.17) is 5.73 Å². The Hall–Kier alpha value is -2.66. The molecule has 0 saturated heterocycles. The van der Waals surface area contributed by atoms with Gasteiger partial charge in [0.1, 0.15) is 0 Å². The van der Waals surface area contributed by atoms with Crippen LogP contribution in [0.2, 0.25) is 0 Å². The molecular formula is C19H20N4O. The minimum Gasteiger partial charge on any atom is -0.350 e. The number of carbonyl (C=O) groups excluding carboxylic acids is 1. The fraction of sp³-hybridized carbons (Fsp3) is 0.263. The van der Waals surface area contributed by atoms with Gasteiger partial charge in [0.15, 0.2) is 0 Å². The van der Waals surface area contributed by atoms with Crippen molar-refractivity contribution in [1.29, 1.82) is 0 Å². The maximum absolute atomic E-state index is 11.9. The second-order valence-electron chi connectivity index (χ2n) is 6.52. The molecule has 0 atom stereocenters. The smallest absolute Gasteiger partial charge is 0.240 e. The number of aromatic nitrogens is 2. The van der Waals surface area contributed by atoms with Crippen LogP contribution in [0.25, 0.3) is 11.0 Å². The van der Waals surface area contributed by atoms with Crippen LogP contribution < -0.4 is 11.1 Å². The standard InChI is InChI=1S/C19H20N4O/c20-19(8-9-19)18(24)21-11-14-4-3-5-15(10-14)12-23-13-22-16-6-1-2-7-17(16)23/h1-7,10,13H,8-9,11-12,20H2,(H,21,24). The Morgan fingerprint density at radius 1 is 1.17 bits per heavy atom. The first-order valence-electron chi connectivity index (χ1n) is 8.19. The molecule has 5 heteroatoms. The molecule has 0 unspecified atom stereocenters. The van der Waals surface area contributed by atoms with Gasteiger partial charge in [-0.15, -0.1) is 0 Å². The molecule has 1 fully saturated rings. The van der Waals surface area contributed by atoms with E-state index in [0.29, 0.717) is 6.54 Å². The third-order valence-corrected chi connectivity index (χ3v) is 4.57. The van der Waals surface area contributed by atoms with Gasteiger partial charge in [0.25, 0.3) is 0 Å². The number of benzene rings is 2. The number of nitrogens with one attached hydrogen (secondary N) is 1. The first kappa shape index (κ1) is 14.9. The van der Waals surface area contributed by atoms with Crippen LogP contribution in [0.1, 0.15) is 24.0 Å². The Morgan fingerprint density at radius 2 is 1.96 bits per heavy atom. The van der Waals surface area contributed by atoms with Crippen molar-refractivity contribution in [1.82, 2.24) is 14.9 Å². The largest absolute Gasteiger partial charge is 0.350 e. The van der Waals surface area contributed by atoms with E-state index < -0.39 is 5.54 Å². The number of amides is 1. The lowest BCUT2D eigenvalue weighted by molar-refractivity contribution is -0.123. The maximum atomic E-state index is 11.9. The number of hydrogen-bond acceptors (Lipinski definition) is 3. The summed E-state index contributed by atoms with van der Waals surface area (Å²) in [5, 5.41) is 2.93. The molecule has 0 radical (unpaired) electrons. The number of fused-ring (bicyclic) bond motifs is 1. The topological polar surface area (TPSA) is 72.9 Å². The first-order valence-corrected chi connectivity index (χ1v) is 8.19. The molecule has 3 aromatic rings. The summed E-state index contributed by atoms with van der Waals surface area (Å²) in [6.45, 7) is 1.26. The number of nitrogens with zero attached hydrogens (tertiary/aromatic N) is 2. The molecule has 1 aromatic heterocycles. The quantitative estimate of drug-likeness (QED) is 0.757. The van der Waals surface area contributed by atoms with Crippen molar-refractivity contribution in [2.75, 3.05) is 0 Å². The van der Waals surface area contributed by atoms with E-state index in [-0.39, 0.29) is 5.91 Å². The second kappa shape index (κ2) is 5.76. The van der Waals surface area contributed by atoms with E-state index in [1.807, 2.05) is 36.7 Å². The van der Waals surface area contributed by atoms with E-state index in [9.17, 15) is 4.79 Å². The van der Waals surface area contributed by atoms with Crippen LogP contribution in [-0.2, 0) is 17.9 Å². The minimum atomic E-state index is -0.618. The molecule has 2 aromatic carbocycles. The van der Waals surface area contributed by atoms with Gasteiger partial charge in [-0.1, -0.05) is 36.4 Å². The predicted octanol–water partition coefficient (Wildman–Crippen LogP) is 2.19. The van der Waals surface area contributed by atoms with Gasteiger partial charge in [0, 0.05) is 13.1 Å². The van der Waals surface area contributed by atoms with Crippen molar-refractivity contribution in [2.45, 2.75) is 31.5 Å². The number of hydrogen-bond donors (Lipinski definition) is 2. The Balaban J connectivity index is 1.47. The molecule has 0 aliphatic heterocycles. The highest BCUT2D eigenvalue weighted by Crippen LogP contribution is 2.32. The van der Waals surface area contributed by atoms with Gasteiger partial charge < -0.3 is 15.6 Å². The van der Waals surface area contributed by atoms with Crippen LogP contribution in [0, 0.1) is 0 Å². The summed E-state index contributed by atoms with van der Waals surface area (Å²) in [6, 6.07) is 16.3. The number of para-hydroxylation sites is 2. The minimum absolute atomic E-state index is 0.0477. The number of imidazole rings is 1. The van der Waals surface area contributed by atoms with Crippen molar-refractivity contribution >= 4 is 16.9 Å². The van der Waals surface area contributed by atoms with Gasteiger partial charge in [-0.2, -0.15) is 0 Å². The van der Waals surface area contributed by atoms with Crippen LogP contribution in [0.4, 0.5) is 0 Å². The molecule has 122 valence electrons. The van der Waals surface area contributed by atoms with E-state index in [1.165, 1.54) is 5.56 Å². The Labute approximate surface area is 140 Å². The predicted molar refractivity (Wildman–Crippen MR) is 93.3 cm³/mol. The Bertz CT molecular complexity index is 895. The number of rotatable bonds is 5. The summed E-state index contributed by atoms with van der Waals surface area (Å²) in [4.78, 5) is 16.4. The molecular weight excluding hydrogens is 300 g/mol. The van der Waals surface area contributed by atoms with Crippen molar-refractivity contribution in [3.63, 3.8) is 0 Å². The zero-order valence-corrected chi connectivity index (χ0v) is 13.4. The monoisotopic (exact) mass is 320 g/mol. The highest BCUT2D eigenvalue weighted by molar-refractivity contribution is 5.88. The Kier molecular flexibility index (Phi) is 3.58. The van der Waals surface area contributed by atoms with Gasteiger partial charge in [-0.05, 0) is 36.1 Å². The van der Waals surface area contributed by atoms with E-state index in [2.05, 4.69) is 33.1 Å². The van der Waals surface area contributed by atoms with Gasteiger partial charge >= 0.3 is 0 Å². The number of nitrogens with two attached hydrogens (primary N) is 1. The van der Waals surface area contributed by atoms with Crippen molar-refractivity contribution < 1.29 is 4.79 Å². The Morgan fingerprint density at radius 3 is 2.79 bits per heavy atom. The van der Waals surface area contributed by atoms with Crippen LogP contribution in [0.15, 0.2) is 54.9 Å². The fourth-order valence-corrected chi connectivity index (χ4v) is 2.89. The van der Waals surface area contributed by atoms with Gasteiger partial charge in [-0.25, -0.2) is 4.98 Å². The molecule has 1 aliphatic rings. The summed E-state index contributed by atoms with van der Waals surface area (Å²) in [5.74, 6) is -0.0477. The van der Waals surface area contributed by atoms with Crippen molar-refractivity contribution in [2.24, 2.45) is 5.73 Å². The second-order valence-corrected chi connectivity index (χ2v) is 6.52. The van der Waals surface area contributed by atoms with Crippen LogP contribution in [-0.4, -0.2) is 21.0 Å². The third kappa shape index (κ3) is 2.90. The van der Waals surface area contributed by atoms with Crippen LogP contribution in [0.3, 0.4) is 0 Å². The average Bonchev–Trinajstić information content (AvgIpc) is 3.24. The normalized spacial score (nSPS) is 15.4. The first-order chi connectivity index (χ1) is 11.6. The SMILES string of the molecule is NC1(C(=O)NCc2cccc(Cn3cnc4ccccc43)c2)CC1. The van der Waals surface area contributed by atoms with Crippen LogP contribution >= 0.6 is 0 Å². The summed E-state index contributed by atoms with van der Waals surface area (Å²) in [5.41, 5.74) is 9.66. The highest BCUT2D eigenvalue weighted by atomic mass is 16.2. The molecule has 1 heterocycles. The summed E-state index contributed by atoms with van der Waals surface area (Å²) in [6.07, 6.45) is 3.43. The third-order valence-electron chi connectivity index (χ3n) is 4.57. The van der Waals surface area contributed by atoms with Gasteiger partial charge in [-0.3, -0.25) is 4.79 Å². The van der Waals surface area contributed by atoms with Gasteiger partial charge in [0.05, 0.1) is 22.9 Å². The molecule has 24 heavy (non-hydrogen) atoms. The summed E-state index contributed by atoms with van der Waals surface area (Å²) in [7, 11) is 0. The lowest BCUT2D eigenvalue weighted by atomic mass is 10.1. The van der Waals surface area contributed by atoms with E-state index in [1.54, 1.807) is 0 Å². The lowest BCUT2D eigenvalue weighted by Gasteiger charge is -2.11. The molecule has 1 saturated carbocycles. The zero-order valence-electron chi connectivity index (χ0n) is 13.4. The highest BCUT2D eigenvalue weighted by Gasteiger charge is 2.45. The number of carbonyl (C=O) groups is 1. The van der Waals surface area contributed by atoms with E-state index in [0.717, 1.165) is 36.0 Å². The lowest BCUT2D eigenvalue weighted by Crippen LogP contribution is -2.42. The fourth-order valence-electron chi connectivity index (χ4n) is 2.89. The molecule has 4 rings (SSSR count). The molecule has 1 amide bonds. The van der Waals surface area contributed by atoms with Gasteiger partial charge in [0.2, 0.25) is 5.91 Å². The van der Waals surface area contributed by atoms with Crippen LogP contribution in [0.5, 0.6) is 0 Å². The molecule has 0 spiro atoms.